The molecule has 2 aromatic carbocycles. The van der Waals surface area contributed by atoms with Crippen LogP contribution in [-0.4, -0.2) is 24.8 Å². The van der Waals surface area contributed by atoms with Crippen molar-refractivity contribution in [2.24, 2.45) is 11.8 Å². The van der Waals surface area contributed by atoms with E-state index in [1.165, 1.54) is 0 Å². The van der Waals surface area contributed by atoms with Gasteiger partial charge in [0, 0.05) is 26.1 Å². The summed E-state index contributed by atoms with van der Waals surface area (Å²) in [5.41, 5.74) is 5.31. The number of hydrogen-bond donors (Lipinski definition) is 0. The number of carbonyl (C=O) groups excluding carboxylic acids is 2. The van der Waals surface area contributed by atoms with Crippen molar-refractivity contribution in [2.75, 3.05) is 13.2 Å². The molecule has 0 amide bonds. The van der Waals surface area contributed by atoms with E-state index in [9.17, 15) is 9.59 Å². The summed E-state index contributed by atoms with van der Waals surface area (Å²) in [6.45, 7) is 5.69. The molecule has 0 bridgehead atoms. The molecule has 2 aliphatic rings. The van der Waals surface area contributed by atoms with Gasteiger partial charge in [-0.3, -0.25) is 9.59 Å². The lowest BCUT2D eigenvalue weighted by molar-refractivity contribution is -0.134. The topological polar surface area (TPSA) is 43.4 Å². The van der Waals surface area contributed by atoms with E-state index in [2.05, 4.69) is 24.3 Å². The third kappa shape index (κ3) is 4.35. The Morgan fingerprint density at radius 1 is 0.828 bits per heavy atom. The van der Waals surface area contributed by atoms with Crippen molar-refractivity contribution in [1.82, 2.24) is 0 Å². The third-order valence-electron chi connectivity index (χ3n) is 6.62. The smallest absolute Gasteiger partial charge is 0.148 e. The molecule has 29 heavy (non-hydrogen) atoms. The molecule has 1 saturated carbocycles. The van der Waals surface area contributed by atoms with Gasteiger partial charge in [-0.2, -0.15) is 0 Å². The lowest BCUT2D eigenvalue weighted by atomic mass is 9.71. The van der Waals surface area contributed by atoms with Crippen LogP contribution in [-0.2, 0) is 14.3 Å². The molecule has 1 heterocycles. The van der Waals surface area contributed by atoms with E-state index in [1.807, 2.05) is 32.0 Å². The predicted octanol–water partition coefficient (Wildman–Crippen LogP) is 5.42. The van der Waals surface area contributed by atoms with Crippen LogP contribution in [0.25, 0.3) is 11.1 Å². The van der Waals surface area contributed by atoms with Gasteiger partial charge in [-0.25, -0.2) is 0 Å². The largest absolute Gasteiger partial charge is 0.381 e. The third-order valence-corrected chi connectivity index (χ3v) is 6.62. The quantitative estimate of drug-likeness (QED) is 0.655. The summed E-state index contributed by atoms with van der Waals surface area (Å²) in [6, 6.07) is 14.5. The molecule has 152 valence electrons. The van der Waals surface area contributed by atoms with Crippen LogP contribution in [0.3, 0.4) is 0 Å². The Morgan fingerprint density at radius 2 is 1.41 bits per heavy atom. The molecule has 4 rings (SSSR count). The van der Waals surface area contributed by atoms with E-state index in [-0.39, 0.29) is 17.5 Å². The van der Waals surface area contributed by atoms with Gasteiger partial charge in [0.2, 0.25) is 0 Å². The van der Waals surface area contributed by atoms with Gasteiger partial charge >= 0.3 is 0 Å². The predicted molar refractivity (Wildman–Crippen MR) is 115 cm³/mol. The van der Waals surface area contributed by atoms with Gasteiger partial charge in [-0.1, -0.05) is 42.5 Å². The van der Waals surface area contributed by atoms with E-state index < -0.39 is 5.92 Å². The Kier molecular flexibility index (Phi) is 5.96. The molecule has 3 nitrogen and oxygen atoms in total. The Balaban J connectivity index is 1.54. The average molecular weight is 391 g/mol. The summed E-state index contributed by atoms with van der Waals surface area (Å²) in [4.78, 5) is 26.1. The molecular weight excluding hydrogens is 360 g/mol. The Hall–Kier alpha value is -2.26. The second-order valence-electron chi connectivity index (χ2n) is 8.82. The summed E-state index contributed by atoms with van der Waals surface area (Å²) in [5.74, 6) is 0.442. The summed E-state index contributed by atoms with van der Waals surface area (Å²) in [6.07, 6.45) is 4.17. The maximum absolute atomic E-state index is 13.1. The van der Waals surface area contributed by atoms with Crippen molar-refractivity contribution in [3.05, 3.63) is 59.2 Å². The molecule has 1 aliphatic carbocycles. The Labute approximate surface area is 173 Å². The van der Waals surface area contributed by atoms with Crippen LogP contribution in [0.1, 0.15) is 54.7 Å². The maximum Gasteiger partial charge on any atom is 0.148 e. The lowest BCUT2D eigenvalue weighted by Crippen LogP contribution is -2.34. The minimum atomic E-state index is -0.578. The molecule has 0 atom stereocenters. The van der Waals surface area contributed by atoms with Crippen LogP contribution in [0, 0.1) is 25.7 Å². The molecule has 2 aromatic rings. The van der Waals surface area contributed by atoms with Gasteiger partial charge in [0.1, 0.15) is 17.5 Å². The summed E-state index contributed by atoms with van der Waals surface area (Å²) in [5, 5.41) is 0. The number of Topliss-reactive ketones (excluding diaryl/α,β-unsaturated/α-hetero) is 2. The SMILES string of the molecule is Cc1cc(-c2ccccc2)cc(C)c1C1C(=O)CC(CC2CCOCC2)CC1=O. The van der Waals surface area contributed by atoms with Gasteiger partial charge in [0.05, 0.1) is 0 Å². The molecule has 1 saturated heterocycles. The fourth-order valence-corrected chi connectivity index (χ4v) is 5.23. The van der Waals surface area contributed by atoms with Crippen LogP contribution in [0.15, 0.2) is 42.5 Å². The van der Waals surface area contributed by atoms with E-state index >= 15 is 0 Å². The highest BCUT2D eigenvalue weighted by Gasteiger charge is 2.38. The van der Waals surface area contributed by atoms with Crippen LogP contribution >= 0.6 is 0 Å². The van der Waals surface area contributed by atoms with Crippen molar-refractivity contribution in [2.45, 2.75) is 51.9 Å². The van der Waals surface area contributed by atoms with Crippen molar-refractivity contribution >= 4 is 11.6 Å². The molecule has 0 unspecified atom stereocenters. The molecule has 0 N–H and O–H groups in total. The summed E-state index contributed by atoms with van der Waals surface area (Å²) >= 11 is 0. The number of hydrogen-bond acceptors (Lipinski definition) is 3. The number of aryl methyl sites for hydroxylation is 2. The maximum atomic E-state index is 13.1. The first-order chi connectivity index (χ1) is 14.0. The number of benzene rings is 2. The molecule has 2 fully saturated rings. The lowest BCUT2D eigenvalue weighted by Gasteiger charge is -2.32. The Morgan fingerprint density at radius 3 is 2.00 bits per heavy atom. The molecule has 0 radical (unpaired) electrons. The van der Waals surface area contributed by atoms with Gasteiger partial charge in [0.15, 0.2) is 0 Å². The molecule has 0 aromatic heterocycles. The average Bonchev–Trinajstić information content (AvgIpc) is 2.71. The number of ketones is 2. The fourth-order valence-electron chi connectivity index (χ4n) is 5.23. The van der Waals surface area contributed by atoms with Crippen LogP contribution in [0.2, 0.25) is 0 Å². The second kappa shape index (κ2) is 8.62. The van der Waals surface area contributed by atoms with E-state index in [0.717, 1.165) is 60.3 Å². The fraction of sp³-hybridized carbons (Fsp3) is 0.462. The normalized spacial score (nSPS) is 23.4. The minimum Gasteiger partial charge on any atom is -0.381 e. The number of rotatable bonds is 4. The van der Waals surface area contributed by atoms with E-state index in [4.69, 9.17) is 4.74 Å². The van der Waals surface area contributed by atoms with Gasteiger partial charge < -0.3 is 4.74 Å². The number of carbonyl (C=O) groups is 2. The summed E-state index contributed by atoms with van der Waals surface area (Å²) in [7, 11) is 0. The van der Waals surface area contributed by atoms with Crippen LogP contribution in [0.5, 0.6) is 0 Å². The first-order valence-corrected chi connectivity index (χ1v) is 10.8. The standard InChI is InChI=1S/C26H30O3/c1-17-12-22(21-6-4-3-5-7-21)13-18(2)25(17)26-23(27)15-20(16-24(26)28)14-19-8-10-29-11-9-19/h3-7,12-13,19-20,26H,8-11,14-16H2,1-2H3. The molecule has 3 heteroatoms. The summed E-state index contributed by atoms with van der Waals surface area (Å²) < 4.78 is 5.44. The molecule has 0 spiro atoms. The highest BCUT2D eigenvalue weighted by atomic mass is 16.5. The Bertz CT molecular complexity index is 852. The monoisotopic (exact) mass is 390 g/mol. The molecular formula is C26H30O3. The van der Waals surface area contributed by atoms with Gasteiger partial charge in [0.25, 0.3) is 0 Å². The zero-order valence-corrected chi connectivity index (χ0v) is 17.4. The first kappa shape index (κ1) is 20.0. The second-order valence-corrected chi connectivity index (χ2v) is 8.82. The van der Waals surface area contributed by atoms with Gasteiger partial charge in [-0.05, 0) is 72.8 Å². The van der Waals surface area contributed by atoms with Crippen molar-refractivity contribution < 1.29 is 14.3 Å². The number of ether oxygens (including phenoxy) is 1. The van der Waals surface area contributed by atoms with Crippen molar-refractivity contribution in [1.29, 1.82) is 0 Å². The van der Waals surface area contributed by atoms with Gasteiger partial charge in [-0.15, -0.1) is 0 Å². The van der Waals surface area contributed by atoms with Crippen LogP contribution in [0.4, 0.5) is 0 Å². The highest BCUT2D eigenvalue weighted by Crippen LogP contribution is 2.38. The molecule has 1 aliphatic heterocycles. The minimum absolute atomic E-state index is 0.108. The zero-order chi connectivity index (χ0) is 20.4. The van der Waals surface area contributed by atoms with Crippen molar-refractivity contribution in [3.8, 4) is 11.1 Å². The van der Waals surface area contributed by atoms with E-state index in [1.54, 1.807) is 0 Å². The highest BCUT2D eigenvalue weighted by molar-refractivity contribution is 6.10. The zero-order valence-electron chi connectivity index (χ0n) is 17.4. The van der Waals surface area contributed by atoms with Crippen molar-refractivity contribution in [3.63, 3.8) is 0 Å². The first-order valence-electron chi connectivity index (χ1n) is 10.8. The van der Waals surface area contributed by atoms with Crippen LogP contribution < -0.4 is 0 Å². The van der Waals surface area contributed by atoms with E-state index in [0.29, 0.717) is 18.8 Å².